The van der Waals surface area contributed by atoms with E-state index in [1.54, 1.807) is 0 Å². The van der Waals surface area contributed by atoms with Crippen LogP contribution >= 0.6 is 11.8 Å². The van der Waals surface area contributed by atoms with Crippen molar-refractivity contribution in [1.82, 2.24) is 15.3 Å². The smallest absolute Gasteiger partial charge is 0.187 e. The summed E-state index contributed by atoms with van der Waals surface area (Å²) in [5, 5.41) is 4.67. The van der Waals surface area contributed by atoms with Gasteiger partial charge in [-0.1, -0.05) is 25.1 Å². The molecule has 0 saturated heterocycles. The molecule has 2 rings (SSSR count). The van der Waals surface area contributed by atoms with Gasteiger partial charge in [0.25, 0.3) is 0 Å². The fraction of sp³-hybridized carbons (Fsp3) is 0.765. The maximum atomic E-state index is 4.60. The summed E-state index contributed by atoms with van der Waals surface area (Å²) in [4.78, 5) is 9.21. The van der Waals surface area contributed by atoms with Crippen LogP contribution in [0.2, 0.25) is 0 Å². The normalized spacial score (nSPS) is 21.9. The molecule has 1 aliphatic carbocycles. The van der Waals surface area contributed by atoms with Gasteiger partial charge in [0.1, 0.15) is 0 Å². The Morgan fingerprint density at radius 2 is 1.86 bits per heavy atom. The lowest BCUT2D eigenvalue weighted by Gasteiger charge is -2.20. The summed E-state index contributed by atoms with van der Waals surface area (Å²) in [6.45, 7) is 9.66. The summed E-state index contributed by atoms with van der Waals surface area (Å²) in [6, 6.07) is 0.743. The van der Waals surface area contributed by atoms with Gasteiger partial charge < -0.3 is 5.32 Å². The molecule has 4 heteroatoms. The molecule has 0 aliphatic heterocycles. The van der Waals surface area contributed by atoms with E-state index in [0.29, 0.717) is 0 Å². The van der Waals surface area contributed by atoms with Crippen LogP contribution in [0.15, 0.2) is 5.16 Å². The van der Waals surface area contributed by atoms with Crippen LogP contribution in [-0.2, 0) is 0 Å². The van der Waals surface area contributed by atoms with Crippen LogP contribution in [0.4, 0.5) is 0 Å². The number of aryl methyl sites for hydroxylation is 2. The fourth-order valence-corrected chi connectivity index (χ4v) is 4.09. The predicted molar refractivity (Wildman–Crippen MR) is 91.0 cm³/mol. The van der Waals surface area contributed by atoms with E-state index in [2.05, 4.69) is 43.0 Å². The fourth-order valence-electron chi connectivity index (χ4n) is 3.09. The van der Waals surface area contributed by atoms with Gasteiger partial charge in [-0.2, -0.15) is 0 Å². The number of nitrogens with one attached hydrogen (secondary N) is 1. The van der Waals surface area contributed by atoms with E-state index in [-0.39, 0.29) is 0 Å². The van der Waals surface area contributed by atoms with E-state index < -0.39 is 0 Å². The summed E-state index contributed by atoms with van der Waals surface area (Å²) < 4.78 is 0. The molecule has 0 spiro atoms. The molecule has 0 bridgehead atoms. The Bertz CT molecular complexity index is 438. The Labute approximate surface area is 133 Å². The Balaban J connectivity index is 1.81. The highest BCUT2D eigenvalue weighted by molar-refractivity contribution is 7.99. The second-order valence-electron chi connectivity index (χ2n) is 6.19. The summed E-state index contributed by atoms with van der Waals surface area (Å²) >= 11 is 1.82. The minimum Gasteiger partial charge on any atom is -0.314 e. The second-order valence-corrected chi connectivity index (χ2v) is 7.25. The van der Waals surface area contributed by atoms with Crippen molar-refractivity contribution in [2.45, 2.75) is 71.0 Å². The lowest BCUT2D eigenvalue weighted by molar-refractivity contribution is 0.393. The van der Waals surface area contributed by atoms with Crippen LogP contribution in [0.25, 0.3) is 0 Å². The molecule has 2 unspecified atom stereocenters. The molecule has 1 aromatic heterocycles. The van der Waals surface area contributed by atoms with E-state index in [0.717, 1.165) is 40.8 Å². The Kier molecular flexibility index (Phi) is 6.49. The molecule has 0 amide bonds. The number of thioether (sulfide) groups is 1. The van der Waals surface area contributed by atoms with Gasteiger partial charge in [0.2, 0.25) is 0 Å². The second kappa shape index (κ2) is 8.14. The average Bonchev–Trinajstić information content (AvgIpc) is 2.90. The summed E-state index contributed by atoms with van der Waals surface area (Å²) in [6.07, 6.45) is 6.63. The zero-order valence-corrected chi connectivity index (χ0v) is 14.7. The van der Waals surface area contributed by atoms with Crippen molar-refractivity contribution in [3.63, 3.8) is 0 Å². The molecule has 0 aromatic carbocycles. The van der Waals surface area contributed by atoms with Crippen molar-refractivity contribution in [3.8, 4) is 0 Å². The molecule has 1 fully saturated rings. The summed E-state index contributed by atoms with van der Waals surface area (Å²) in [5.74, 6) is 1.98. The first-order chi connectivity index (χ1) is 10.1. The van der Waals surface area contributed by atoms with Crippen LogP contribution < -0.4 is 5.32 Å². The molecule has 1 aliphatic rings. The molecule has 2 atom stereocenters. The maximum Gasteiger partial charge on any atom is 0.187 e. The van der Waals surface area contributed by atoms with Crippen LogP contribution in [0.1, 0.15) is 56.0 Å². The van der Waals surface area contributed by atoms with Gasteiger partial charge in [0.05, 0.1) is 0 Å². The molecular weight excluding hydrogens is 278 g/mol. The third-order valence-corrected chi connectivity index (χ3v) is 5.53. The highest BCUT2D eigenvalue weighted by atomic mass is 32.2. The van der Waals surface area contributed by atoms with Crippen molar-refractivity contribution in [1.29, 1.82) is 0 Å². The van der Waals surface area contributed by atoms with Crippen molar-refractivity contribution in [2.24, 2.45) is 5.92 Å². The van der Waals surface area contributed by atoms with Gasteiger partial charge in [0.15, 0.2) is 5.16 Å². The molecular formula is C17H29N3S. The number of nitrogens with zero attached hydrogens (tertiary/aromatic N) is 2. The van der Waals surface area contributed by atoms with Gasteiger partial charge in [-0.05, 0) is 64.5 Å². The van der Waals surface area contributed by atoms with Gasteiger partial charge >= 0.3 is 0 Å². The first kappa shape index (κ1) is 16.8. The monoisotopic (exact) mass is 307 g/mol. The first-order valence-electron chi connectivity index (χ1n) is 8.29. The number of hydrogen-bond donors (Lipinski definition) is 1. The van der Waals surface area contributed by atoms with Crippen molar-refractivity contribution in [2.75, 3.05) is 12.3 Å². The SMILES string of the molecule is CCCNC1CCCC1CCSc1nc(C)c(C)c(C)n1. The Morgan fingerprint density at radius 1 is 1.14 bits per heavy atom. The standard InChI is InChI=1S/C17H29N3S/c1-5-10-18-16-8-6-7-15(16)9-11-21-17-19-13(3)12(2)14(4)20-17/h15-16,18H,5-11H2,1-4H3. The lowest BCUT2D eigenvalue weighted by Crippen LogP contribution is -2.33. The zero-order chi connectivity index (χ0) is 15.2. The van der Waals surface area contributed by atoms with Crippen molar-refractivity contribution < 1.29 is 0 Å². The quantitative estimate of drug-likeness (QED) is 0.609. The molecule has 1 aromatic rings. The third kappa shape index (κ3) is 4.68. The van der Waals surface area contributed by atoms with Crippen molar-refractivity contribution >= 4 is 11.8 Å². The number of rotatable bonds is 7. The highest BCUT2D eigenvalue weighted by Crippen LogP contribution is 2.30. The maximum absolute atomic E-state index is 4.60. The average molecular weight is 308 g/mol. The minimum atomic E-state index is 0.743. The minimum absolute atomic E-state index is 0.743. The molecule has 1 N–H and O–H groups in total. The Morgan fingerprint density at radius 3 is 2.52 bits per heavy atom. The predicted octanol–water partition coefficient (Wildman–Crippen LogP) is 4.05. The van der Waals surface area contributed by atoms with Gasteiger partial charge in [-0.15, -0.1) is 0 Å². The molecule has 118 valence electrons. The van der Waals surface area contributed by atoms with E-state index in [9.17, 15) is 0 Å². The molecule has 3 nitrogen and oxygen atoms in total. The molecule has 1 saturated carbocycles. The van der Waals surface area contributed by atoms with Gasteiger partial charge in [-0.3, -0.25) is 0 Å². The molecule has 1 heterocycles. The van der Waals surface area contributed by atoms with Crippen molar-refractivity contribution in [3.05, 3.63) is 17.0 Å². The van der Waals surface area contributed by atoms with E-state index >= 15 is 0 Å². The Hall–Kier alpha value is -0.610. The summed E-state index contributed by atoms with van der Waals surface area (Å²) in [7, 11) is 0. The van der Waals surface area contributed by atoms with Gasteiger partial charge in [0, 0.05) is 23.2 Å². The van der Waals surface area contributed by atoms with Crippen LogP contribution in [0.5, 0.6) is 0 Å². The zero-order valence-electron chi connectivity index (χ0n) is 13.9. The van der Waals surface area contributed by atoms with E-state index in [4.69, 9.17) is 0 Å². The third-order valence-electron chi connectivity index (χ3n) is 4.65. The van der Waals surface area contributed by atoms with Gasteiger partial charge in [-0.25, -0.2) is 9.97 Å². The largest absolute Gasteiger partial charge is 0.314 e. The number of hydrogen-bond acceptors (Lipinski definition) is 4. The summed E-state index contributed by atoms with van der Waals surface area (Å²) in [5.41, 5.74) is 3.46. The highest BCUT2D eigenvalue weighted by Gasteiger charge is 2.26. The van der Waals surface area contributed by atoms with E-state index in [1.165, 1.54) is 37.7 Å². The first-order valence-corrected chi connectivity index (χ1v) is 9.28. The molecule has 21 heavy (non-hydrogen) atoms. The van der Waals surface area contributed by atoms with Crippen LogP contribution in [-0.4, -0.2) is 28.3 Å². The number of aromatic nitrogens is 2. The lowest BCUT2D eigenvalue weighted by atomic mass is 10.0. The topological polar surface area (TPSA) is 37.8 Å². The van der Waals surface area contributed by atoms with Crippen LogP contribution in [0.3, 0.4) is 0 Å². The molecule has 0 radical (unpaired) electrons. The van der Waals surface area contributed by atoms with Crippen LogP contribution in [0, 0.1) is 26.7 Å². The van der Waals surface area contributed by atoms with E-state index in [1.807, 2.05) is 11.8 Å².